The maximum atomic E-state index is 5.65. The first-order valence-electron chi connectivity index (χ1n) is 7.47. The summed E-state index contributed by atoms with van der Waals surface area (Å²) in [7, 11) is 0. The van der Waals surface area contributed by atoms with E-state index in [1.807, 2.05) is 0 Å². The molecule has 3 heteroatoms. The van der Waals surface area contributed by atoms with Crippen molar-refractivity contribution in [3.8, 4) is 0 Å². The highest BCUT2D eigenvalue weighted by molar-refractivity contribution is 5.76. The van der Waals surface area contributed by atoms with Crippen LogP contribution in [0, 0.1) is 0 Å². The topological polar surface area (TPSA) is 54.7 Å². The number of nitrogens with two attached hydrogens (primary N) is 1. The Morgan fingerprint density at radius 3 is 2.89 bits per heavy atom. The second-order valence-corrected chi connectivity index (χ2v) is 5.86. The summed E-state index contributed by atoms with van der Waals surface area (Å²) in [6.07, 6.45) is 6.31. The molecule has 1 aromatic carbocycles. The normalized spacial score (nSPS) is 18.2. The lowest BCUT2D eigenvalue weighted by atomic mass is 9.97. The Morgan fingerprint density at radius 2 is 2.16 bits per heavy atom. The molecule has 3 nitrogen and oxygen atoms in total. The van der Waals surface area contributed by atoms with Crippen molar-refractivity contribution in [3.05, 3.63) is 29.6 Å². The number of imidazole rings is 1. The van der Waals surface area contributed by atoms with Crippen molar-refractivity contribution < 1.29 is 0 Å². The van der Waals surface area contributed by atoms with E-state index in [9.17, 15) is 0 Å². The van der Waals surface area contributed by atoms with Crippen LogP contribution < -0.4 is 5.73 Å². The molecule has 0 aliphatic heterocycles. The van der Waals surface area contributed by atoms with E-state index >= 15 is 0 Å². The summed E-state index contributed by atoms with van der Waals surface area (Å²) in [5.41, 5.74) is 9.29. The van der Waals surface area contributed by atoms with Crippen LogP contribution in [0.2, 0.25) is 0 Å². The second kappa shape index (κ2) is 5.33. The molecule has 0 bridgehead atoms. The molecule has 2 aromatic rings. The van der Waals surface area contributed by atoms with E-state index in [0.717, 1.165) is 18.5 Å². The van der Waals surface area contributed by atoms with Gasteiger partial charge in [-0.15, -0.1) is 0 Å². The Kier molecular flexibility index (Phi) is 3.56. The van der Waals surface area contributed by atoms with Crippen LogP contribution in [-0.2, 0) is 0 Å². The number of nitrogens with zero attached hydrogens (tertiary/aromatic N) is 1. The number of rotatable bonds is 4. The summed E-state index contributed by atoms with van der Waals surface area (Å²) in [5.74, 6) is 2.36. The Hall–Kier alpha value is -1.35. The average molecular weight is 257 g/mol. The van der Waals surface area contributed by atoms with Gasteiger partial charge in [-0.25, -0.2) is 4.98 Å². The highest BCUT2D eigenvalue weighted by atomic mass is 14.9. The summed E-state index contributed by atoms with van der Waals surface area (Å²) in [5, 5.41) is 0. The molecule has 3 N–H and O–H groups in total. The number of fused-ring (bicyclic) bond motifs is 1. The highest BCUT2D eigenvalue weighted by Crippen LogP contribution is 2.33. The molecule has 19 heavy (non-hydrogen) atoms. The molecule has 0 radical (unpaired) electrons. The van der Waals surface area contributed by atoms with Gasteiger partial charge in [-0.2, -0.15) is 0 Å². The van der Waals surface area contributed by atoms with Crippen molar-refractivity contribution in [2.24, 2.45) is 5.73 Å². The van der Waals surface area contributed by atoms with Crippen LogP contribution in [0.5, 0.6) is 0 Å². The zero-order valence-corrected chi connectivity index (χ0v) is 11.7. The molecule has 0 saturated heterocycles. The van der Waals surface area contributed by atoms with Crippen molar-refractivity contribution in [2.45, 2.75) is 50.9 Å². The molecule has 102 valence electrons. The zero-order valence-electron chi connectivity index (χ0n) is 11.7. The van der Waals surface area contributed by atoms with Crippen LogP contribution in [0.1, 0.15) is 62.3 Å². The number of nitrogens with one attached hydrogen (secondary N) is 1. The average Bonchev–Trinajstić information content (AvgIpc) is 3.07. The van der Waals surface area contributed by atoms with Crippen LogP contribution >= 0.6 is 0 Å². The fraction of sp³-hybridized carbons (Fsp3) is 0.562. The molecule has 1 saturated carbocycles. The van der Waals surface area contributed by atoms with Gasteiger partial charge in [-0.1, -0.05) is 25.8 Å². The third kappa shape index (κ3) is 2.52. The first kappa shape index (κ1) is 12.7. The highest BCUT2D eigenvalue weighted by Gasteiger charge is 2.20. The van der Waals surface area contributed by atoms with Crippen LogP contribution in [-0.4, -0.2) is 16.5 Å². The summed E-state index contributed by atoms with van der Waals surface area (Å²) >= 11 is 0. The van der Waals surface area contributed by atoms with Gasteiger partial charge in [0.05, 0.1) is 11.0 Å². The number of benzene rings is 1. The summed E-state index contributed by atoms with van der Waals surface area (Å²) < 4.78 is 0. The molecular weight excluding hydrogens is 234 g/mol. The lowest BCUT2D eigenvalue weighted by Crippen LogP contribution is -2.04. The minimum Gasteiger partial charge on any atom is -0.342 e. The van der Waals surface area contributed by atoms with E-state index in [1.165, 1.54) is 42.6 Å². The van der Waals surface area contributed by atoms with E-state index in [4.69, 9.17) is 10.7 Å². The molecule has 1 fully saturated rings. The quantitative estimate of drug-likeness (QED) is 0.878. The monoisotopic (exact) mass is 257 g/mol. The Morgan fingerprint density at radius 1 is 1.37 bits per heavy atom. The van der Waals surface area contributed by atoms with E-state index in [2.05, 4.69) is 30.1 Å². The third-order valence-corrected chi connectivity index (χ3v) is 4.43. The van der Waals surface area contributed by atoms with Crippen molar-refractivity contribution in [1.82, 2.24) is 9.97 Å². The Balaban J connectivity index is 1.90. The maximum Gasteiger partial charge on any atom is 0.110 e. The molecule has 1 aromatic heterocycles. The molecule has 1 unspecified atom stereocenters. The van der Waals surface area contributed by atoms with Gasteiger partial charge < -0.3 is 10.7 Å². The lowest BCUT2D eigenvalue weighted by Gasteiger charge is -2.09. The van der Waals surface area contributed by atoms with E-state index < -0.39 is 0 Å². The molecule has 1 heterocycles. The molecule has 1 aliphatic rings. The smallest absolute Gasteiger partial charge is 0.110 e. The van der Waals surface area contributed by atoms with Crippen LogP contribution in [0.25, 0.3) is 11.0 Å². The van der Waals surface area contributed by atoms with Crippen LogP contribution in [0.15, 0.2) is 18.2 Å². The van der Waals surface area contributed by atoms with Crippen molar-refractivity contribution in [3.63, 3.8) is 0 Å². The van der Waals surface area contributed by atoms with Gasteiger partial charge in [0, 0.05) is 5.92 Å². The molecule has 1 aliphatic carbocycles. The number of aromatic nitrogens is 2. The summed E-state index contributed by atoms with van der Waals surface area (Å²) in [6.45, 7) is 2.98. The molecular formula is C16H23N3. The van der Waals surface area contributed by atoms with Gasteiger partial charge in [0.15, 0.2) is 0 Å². The predicted molar refractivity (Wildman–Crippen MR) is 79.4 cm³/mol. The third-order valence-electron chi connectivity index (χ3n) is 4.43. The molecule has 1 atom stereocenters. The Labute approximate surface area is 114 Å². The van der Waals surface area contributed by atoms with Gasteiger partial charge in [-0.3, -0.25) is 0 Å². The van der Waals surface area contributed by atoms with Gasteiger partial charge in [-0.05, 0) is 49.4 Å². The molecule has 0 spiro atoms. The van der Waals surface area contributed by atoms with E-state index in [-0.39, 0.29) is 0 Å². The number of aromatic amines is 1. The largest absolute Gasteiger partial charge is 0.342 e. The summed E-state index contributed by atoms with van der Waals surface area (Å²) in [4.78, 5) is 8.29. The Bertz CT molecular complexity index is 552. The lowest BCUT2D eigenvalue weighted by molar-refractivity contribution is 0.681. The van der Waals surface area contributed by atoms with E-state index in [1.54, 1.807) is 0 Å². The second-order valence-electron chi connectivity index (χ2n) is 5.86. The van der Waals surface area contributed by atoms with Crippen LogP contribution in [0.4, 0.5) is 0 Å². The number of hydrogen-bond donors (Lipinski definition) is 2. The van der Waals surface area contributed by atoms with Crippen molar-refractivity contribution in [1.29, 1.82) is 0 Å². The SMILES string of the molecule is CC(CCN)c1ccc2nc(C3CCCC3)[nH]c2c1. The zero-order chi connectivity index (χ0) is 13.2. The minimum absolute atomic E-state index is 0.521. The fourth-order valence-corrected chi connectivity index (χ4v) is 3.16. The predicted octanol–water partition coefficient (Wildman–Crippen LogP) is 3.67. The van der Waals surface area contributed by atoms with Gasteiger partial charge in [0.25, 0.3) is 0 Å². The van der Waals surface area contributed by atoms with Crippen molar-refractivity contribution in [2.75, 3.05) is 6.54 Å². The van der Waals surface area contributed by atoms with Crippen molar-refractivity contribution >= 4 is 11.0 Å². The number of H-pyrrole nitrogens is 1. The molecule has 0 amide bonds. The van der Waals surface area contributed by atoms with Gasteiger partial charge in [0.1, 0.15) is 5.82 Å². The summed E-state index contributed by atoms with van der Waals surface area (Å²) in [6, 6.07) is 6.59. The van der Waals surface area contributed by atoms with Gasteiger partial charge >= 0.3 is 0 Å². The molecule has 3 rings (SSSR count). The fourth-order valence-electron chi connectivity index (χ4n) is 3.16. The standard InChI is InChI=1S/C16H23N3/c1-11(8-9-17)13-6-7-14-15(10-13)19-16(18-14)12-4-2-3-5-12/h6-7,10-12H,2-5,8-9,17H2,1H3,(H,18,19). The van der Waals surface area contributed by atoms with Gasteiger partial charge in [0.2, 0.25) is 0 Å². The van der Waals surface area contributed by atoms with E-state index in [0.29, 0.717) is 11.8 Å². The minimum atomic E-state index is 0.521. The maximum absolute atomic E-state index is 5.65. The first-order valence-corrected chi connectivity index (χ1v) is 7.47. The number of hydrogen-bond acceptors (Lipinski definition) is 2. The van der Waals surface area contributed by atoms with Crippen LogP contribution in [0.3, 0.4) is 0 Å². The first-order chi connectivity index (χ1) is 9.28.